The molecule has 0 bridgehead atoms. The first-order valence-corrected chi connectivity index (χ1v) is 11.1. The Balaban J connectivity index is 1.65. The van der Waals surface area contributed by atoms with E-state index in [0.717, 1.165) is 25.7 Å². The molecule has 30 heavy (non-hydrogen) atoms. The zero-order valence-electron chi connectivity index (χ0n) is 16.7. The molecule has 0 atom stereocenters. The van der Waals surface area contributed by atoms with Crippen molar-refractivity contribution in [3.8, 4) is 17.1 Å². The number of hydrogen-bond donors (Lipinski definition) is 1. The van der Waals surface area contributed by atoms with Crippen molar-refractivity contribution in [2.45, 2.75) is 62.9 Å². The molecule has 1 heterocycles. The Morgan fingerprint density at radius 3 is 2.57 bits per heavy atom. The van der Waals surface area contributed by atoms with Gasteiger partial charge in [0.25, 0.3) is 0 Å². The summed E-state index contributed by atoms with van der Waals surface area (Å²) >= 11 is 1.32. The number of thioether (sulfide) groups is 1. The highest BCUT2D eigenvalue weighted by molar-refractivity contribution is 7.99. The first-order valence-electron chi connectivity index (χ1n) is 10.1. The van der Waals surface area contributed by atoms with Gasteiger partial charge in [0.15, 0.2) is 11.0 Å². The Morgan fingerprint density at radius 2 is 1.93 bits per heavy atom. The van der Waals surface area contributed by atoms with E-state index in [-0.39, 0.29) is 23.5 Å². The molecule has 1 N–H and O–H groups in total. The number of nitrogens with one attached hydrogen (secondary N) is 1. The SMILES string of the molecule is C=CCn1c(SCC(=O)NC2CCCCCC2)nnc1-c1ccc(OC(F)F)cc1. The quantitative estimate of drug-likeness (QED) is 0.352. The highest BCUT2D eigenvalue weighted by Crippen LogP contribution is 2.26. The smallest absolute Gasteiger partial charge is 0.387 e. The average Bonchev–Trinajstić information content (AvgIpc) is 2.93. The standard InChI is InChI=1S/C21H26F2N4O2S/c1-2-13-27-19(15-9-11-17(12-10-15)29-20(22)23)25-26-21(27)30-14-18(28)24-16-7-5-3-4-6-8-16/h2,9-12,16,20H,1,3-8,13-14H2,(H,24,28). The Bertz CT molecular complexity index is 834. The maximum absolute atomic E-state index is 12.4. The monoisotopic (exact) mass is 436 g/mol. The van der Waals surface area contributed by atoms with Crippen LogP contribution in [0.5, 0.6) is 5.75 Å². The number of rotatable bonds is 9. The van der Waals surface area contributed by atoms with Gasteiger partial charge >= 0.3 is 6.61 Å². The molecule has 0 saturated heterocycles. The van der Waals surface area contributed by atoms with Crippen LogP contribution in [0.25, 0.3) is 11.4 Å². The second-order valence-corrected chi connectivity index (χ2v) is 8.10. The van der Waals surface area contributed by atoms with Gasteiger partial charge in [0.2, 0.25) is 5.91 Å². The molecule has 0 aliphatic heterocycles. The van der Waals surface area contributed by atoms with Crippen molar-refractivity contribution >= 4 is 17.7 Å². The van der Waals surface area contributed by atoms with Crippen LogP contribution in [0.15, 0.2) is 42.1 Å². The minimum absolute atomic E-state index is 0.00453. The summed E-state index contributed by atoms with van der Waals surface area (Å²) in [6.07, 6.45) is 8.60. The van der Waals surface area contributed by atoms with Gasteiger partial charge in [-0.15, -0.1) is 16.8 Å². The van der Waals surface area contributed by atoms with E-state index in [1.54, 1.807) is 18.2 Å². The Labute approximate surface area is 179 Å². The molecule has 1 aromatic carbocycles. The second kappa shape index (κ2) is 11.1. The Hall–Kier alpha value is -2.42. The van der Waals surface area contributed by atoms with Crippen molar-refractivity contribution in [1.29, 1.82) is 0 Å². The van der Waals surface area contributed by atoms with Crippen molar-refractivity contribution in [3.63, 3.8) is 0 Å². The van der Waals surface area contributed by atoms with Gasteiger partial charge in [-0.05, 0) is 37.1 Å². The third-order valence-electron chi connectivity index (χ3n) is 4.92. The minimum Gasteiger partial charge on any atom is -0.435 e. The van der Waals surface area contributed by atoms with Crippen LogP contribution >= 0.6 is 11.8 Å². The second-order valence-electron chi connectivity index (χ2n) is 7.15. The summed E-state index contributed by atoms with van der Waals surface area (Å²) in [6.45, 7) is 1.37. The lowest BCUT2D eigenvalue weighted by Gasteiger charge is -2.16. The van der Waals surface area contributed by atoms with E-state index in [1.165, 1.54) is 36.7 Å². The Morgan fingerprint density at radius 1 is 1.23 bits per heavy atom. The number of amides is 1. The largest absolute Gasteiger partial charge is 0.435 e. The van der Waals surface area contributed by atoms with Crippen LogP contribution in [-0.4, -0.2) is 39.1 Å². The van der Waals surface area contributed by atoms with Crippen LogP contribution < -0.4 is 10.1 Å². The lowest BCUT2D eigenvalue weighted by atomic mass is 10.1. The number of carbonyl (C=O) groups is 1. The number of halogens is 2. The number of hydrogen-bond acceptors (Lipinski definition) is 5. The fraction of sp³-hybridized carbons (Fsp3) is 0.476. The number of aromatic nitrogens is 3. The van der Waals surface area contributed by atoms with E-state index in [4.69, 9.17) is 0 Å². The zero-order chi connectivity index (χ0) is 21.3. The number of benzene rings is 1. The lowest BCUT2D eigenvalue weighted by Crippen LogP contribution is -2.35. The molecule has 1 aromatic heterocycles. The average molecular weight is 437 g/mol. The van der Waals surface area contributed by atoms with Gasteiger partial charge in [0, 0.05) is 18.2 Å². The van der Waals surface area contributed by atoms with Gasteiger partial charge in [-0.1, -0.05) is 43.5 Å². The van der Waals surface area contributed by atoms with E-state index in [1.807, 2.05) is 4.57 Å². The summed E-state index contributed by atoms with van der Waals surface area (Å²) in [5.74, 6) is 0.904. The fourth-order valence-electron chi connectivity index (χ4n) is 3.51. The molecule has 1 aliphatic rings. The summed E-state index contributed by atoms with van der Waals surface area (Å²) < 4.78 is 30.9. The maximum atomic E-state index is 12.4. The summed E-state index contributed by atoms with van der Waals surface area (Å²) in [4.78, 5) is 12.4. The van der Waals surface area contributed by atoms with Crippen LogP contribution in [0.2, 0.25) is 0 Å². The van der Waals surface area contributed by atoms with Crippen molar-refractivity contribution in [2.24, 2.45) is 0 Å². The third-order valence-corrected chi connectivity index (χ3v) is 5.89. The van der Waals surface area contributed by atoms with E-state index < -0.39 is 6.61 Å². The molecule has 1 saturated carbocycles. The first kappa shape index (κ1) is 22.3. The lowest BCUT2D eigenvalue weighted by molar-refractivity contribution is -0.119. The van der Waals surface area contributed by atoms with Gasteiger partial charge in [-0.2, -0.15) is 8.78 Å². The van der Waals surface area contributed by atoms with Gasteiger partial charge in [0.1, 0.15) is 5.75 Å². The highest BCUT2D eigenvalue weighted by atomic mass is 32.2. The number of alkyl halides is 2. The molecule has 6 nitrogen and oxygen atoms in total. The normalized spacial score (nSPS) is 15.0. The van der Waals surface area contributed by atoms with Crippen LogP contribution in [-0.2, 0) is 11.3 Å². The van der Waals surface area contributed by atoms with Crippen LogP contribution in [0, 0.1) is 0 Å². The molecular formula is C21H26F2N4O2S. The molecule has 1 amide bonds. The topological polar surface area (TPSA) is 69.0 Å². The van der Waals surface area contributed by atoms with E-state index in [9.17, 15) is 13.6 Å². The fourth-order valence-corrected chi connectivity index (χ4v) is 4.27. The van der Waals surface area contributed by atoms with Crippen molar-refractivity contribution in [3.05, 3.63) is 36.9 Å². The van der Waals surface area contributed by atoms with Gasteiger partial charge in [0.05, 0.1) is 5.75 Å². The van der Waals surface area contributed by atoms with Gasteiger partial charge in [-0.25, -0.2) is 0 Å². The zero-order valence-corrected chi connectivity index (χ0v) is 17.5. The predicted molar refractivity (Wildman–Crippen MR) is 113 cm³/mol. The van der Waals surface area contributed by atoms with E-state index in [2.05, 4.69) is 26.8 Å². The van der Waals surface area contributed by atoms with Crippen LogP contribution in [0.1, 0.15) is 38.5 Å². The number of nitrogens with zero attached hydrogens (tertiary/aromatic N) is 3. The maximum Gasteiger partial charge on any atom is 0.387 e. The number of carbonyl (C=O) groups excluding carboxylic acids is 1. The van der Waals surface area contributed by atoms with E-state index >= 15 is 0 Å². The molecule has 3 rings (SSSR count). The molecule has 0 radical (unpaired) electrons. The summed E-state index contributed by atoms with van der Waals surface area (Å²) in [6, 6.07) is 6.47. The highest BCUT2D eigenvalue weighted by Gasteiger charge is 2.18. The first-order chi connectivity index (χ1) is 14.6. The Kier molecular flexibility index (Phi) is 8.24. The molecule has 162 valence electrons. The minimum atomic E-state index is -2.87. The third kappa shape index (κ3) is 6.29. The molecule has 9 heteroatoms. The molecule has 2 aromatic rings. The molecule has 1 aliphatic carbocycles. The molecule has 1 fully saturated rings. The number of allylic oxidation sites excluding steroid dienone is 1. The molecular weight excluding hydrogens is 410 g/mol. The summed E-state index contributed by atoms with van der Waals surface area (Å²) in [7, 11) is 0. The van der Waals surface area contributed by atoms with Crippen molar-refractivity contribution in [2.75, 3.05) is 5.75 Å². The summed E-state index contributed by atoms with van der Waals surface area (Å²) in [5.41, 5.74) is 0.709. The number of ether oxygens (including phenoxy) is 1. The van der Waals surface area contributed by atoms with Gasteiger partial charge < -0.3 is 10.1 Å². The van der Waals surface area contributed by atoms with Crippen LogP contribution in [0.4, 0.5) is 8.78 Å². The molecule has 0 spiro atoms. The van der Waals surface area contributed by atoms with Crippen molar-refractivity contribution in [1.82, 2.24) is 20.1 Å². The van der Waals surface area contributed by atoms with E-state index in [0.29, 0.717) is 23.1 Å². The van der Waals surface area contributed by atoms with Gasteiger partial charge in [-0.3, -0.25) is 9.36 Å². The predicted octanol–water partition coefficient (Wildman–Crippen LogP) is 4.66. The molecule has 0 unspecified atom stereocenters. The summed E-state index contributed by atoms with van der Waals surface area (Å²) in [5, 5.41) is 12.2. The van der Waals surface area contributed by atoms with Crippen molar-refractivity contribution < 1.29 is 18.3 Å². The van der Waals surface area contributed by atoms with Crippen LogP contribution in [0.3, 0.4) is 0 Å².